The molecule has 1 aromatic heterocycles. The summed E-state index contributed by atoms with van der Waals surface area (Å²) < 4.78 is 134. The lowest BCUT2D eigenvalue weighted by atomic mass is 10.1. The Morgan fingerprint density at radius 2 is 1.19 bits per heavy atom. The predicted molar refractivity (Wildman–Crippen MR) is 199 cm³/mol. The maximum Gasteiger partial charge on any atom is 0.315 e. The van der Waals surface area contributed by atoms with Gasteiger partial charge in [0.25, 0.3) is 11.8 Å². The molecule has 304 valence electrons. The molecule has 22 heteroatoms. The average Bonchev–Trinajstić information content (AvgIpc) is 3.64. The molecule has 12 nitrogen and oxygen atoms in total. The molecule has 0 fully saturated rings. The number of aromatic nitrogens is 2. The topological polar surface area (TPSA) is 160 Å². The molecule has 0 aliphatic carbocycles. The van der Waals surface area contributed by atoms with Gasteiger partial charge in [-0.05, 0) is 66.7 Å². The minimum Gasteiger partial charge on any atom is -0.415 e. The summed E-state index contributed by atoms with van der Waals surface area (Å²) in [6, 6.07) is 18.9. The van der Waals surface area contributed by atoms with Crippen LogP contribution in [-0.4, -0.2) is 64.2 Å². The third-order valence-electron chi connectivity index (χ3n) is 7.58. The Kier molecular flexibility index (Phi) is 14.7. The minimum atomic E-state index is -3.76. The Bertz CT molecular complexity index is 2440. The molecule has 0 radical (unpaired) electrons. The molecule has 5 rings (SSSR count). The first-order valence-electron chi connectivity index (χ1n) is 15.9. The van der Waals surface area contributed by atoms with Gasteiger partial charge in [-0.2, -0.15) is 17.6 Å². The molecule has 0 aliphatic heterocycles. The third-order valence-corrected chi connectivity index (χ3v) is 10.4. The minimum absolute atomic E-state index is 0.0152. The van der Waals surface area contributed by atoms with E-state index in [-0.39, 0.29) is 46.9 Å². The van der Waals surface area contributed by atoms with Crippen LogP contribution in [0.1, 0.15) is 33.8 Å². The lowest BCUT2D eigenvalue weighted by Gasteiger charge is -2.23. The van der Waals surface area contributed by atoms with Gasteiger partial charge in [-0.25, -0.2) is 25.6 Å². The van der Waals surface area contributed by atoms with Gasteiger partial charge in [0.15, 0.2) is 5.78 Å². The predicted octanol–water partition coefficient (Wildman–Crippen LogP) is 7.44. The number of benzene rings is 4. The van der Waals surface area contributed by atoms with Crippen LogP contribution >= 0.6 is 23.2 Å². The second kappa shape index (κ2) is 18.8. The Labute approximate surface area is 332 Å². The molecule has 0 atom stereocenters. The number of amides is 1. The molecule has 0 bridgehead atoms. The van der Waals surface area contributed by atoms with Crippen molar-refractivity contribution in [1.29, 1.82) is 0 Å². The van der Waals surface area contributed by atoms with E-state index in [2.05, 4.69) is 10.2 Å². The van der Waals surface area contributed by atoms with Gasteiger partial charge in [-0.15, -0.1) is 10.2 Å². The zero-order valence-electron chi connectivity index (χ0n) is 29.3. The summed E-state index contributed by atoms with van der Waals surface area (Å²) in [6.45, 7) is -1.34. The molecule has 0 saturated carbocycles. The molecular weight excluding hydrogens is 851 g/mol. The second-order valence-electron chi connectivity index (χ2n) is 11.8. The van der Waals surface area contributed by atoms with Crippen molar-refractivity contribution >= 4 is 66.3 Å². The highest BCUT2D eigenvalue weighted by atomic mass is 35.5. The van der Waals surface area contributed by atoms with Crippen molar-refractivity contribution in [3.8, 4) is 11.5 Å². The Morgan fingerprint density at radius 3 is 1.60 bits per heavy atom. The summed E-state index contributed by atoms with van der Waals surface area (Å²) in [7, 11) is -7.48. The van der Waals surface area contributed by atoms with Crippen LogP contribution in [0.2, 0.25) is 10.0 Å². The molecule has 1 N–H and O–H groups in total. The van der Waals surface area contributed by atoms with Gasteiger partial charge in [-0.3, -0.25) is 18.2 Å². The third kappa shape index (κ3) is 12.4. The average molecular weight is 881 g/mol. The van der Waals surface area contributed by atoms with E-state index in [1.54, 1.807) is 5.32 Å². The van der Waals surface area contributed by atoms with Gasteiger partial charge in [0.1, 0.15) is 11.6 Å². The number of ketones is 1. The van der Waals surface area contributed by atoms with E-state index in [4.69, 9.17) is 27.6 Å². The number of hydrogen-bond donors (Lipinski definition) is 1. The van der Waals surface area contributed by atoms with Crippen LogP contribution in [0.25, 0.3) is 11.5 Å². The number of Topliss-reactive ketones (excluding diaryl/α,β-unsaturated/α-hetero) is 1. The van der Waals surface area contributed by atoms with Gasteiger partial charge >= 0.3 is 12.9 Å². The van der Waals surface area contributed by atoms with E-state index in [0.717, 1.165) is 33.3 Å². The van der Waals surface area contributed by atoms with Crippen LogP contribution in [0.15, 0.2) is 89.3 Å². The maximum atomic E-state index is 14.5. The van der Waals surface area contributed by atoms with Crippen molar-refractivity contribution in [1.82, 2.24) is 15.5 Å². The first kappa shape index (κ1) is 44.5. The van der Waals surface area contributed by atoms with Crippen LogP contribution in [0.5, 0.6) is 0 Å². The van der Waals surface area contributed by atoms with E-state index >= 15 is 0 Å². The number of carbonyl (C=O) groups is 2. The fourth-order valence-electron chi connectivity index (χ4n) is 4.77. The lowest BCUT2D eigenvalue weighted by Crippen LogP contribution is -2.34. The van der Waals surface area contributed by atoms with Crippen molar-refractivity contribution in [3.05, 3.63) is 129 Å². The second-order valence-corrected chi connectivity index (χ2v) is 16.5. The van der Waals surface area contributed by atoms with Gasteiger partial charge in [0, 0.05) is 32.3 Å². The van der Waals surface area contributed by atoms with Gasteiger partial charge < -0.3 is 9.73 Å². The van der Waals surface area contributed by atoms with Gasteiger partial charge in [-0.1, -0.05) is 41.4 Å². The highest BCUT2D eigenvalue weighted by Gasteiger charge is 2.23. The van der Waals surface area contributed by atoms with E-state index in [9.17, 15) is 52.8 Å². The number of anilines is 2. The monoisotopic (exact) mass is 879 g/mol. The standard InChI is InChI=1S/C18H16ClF3N2O4S.C17H13ClF3N3O3S/c1-29(27,28)24(14-6-4-13(19)5-7-14)10-12-3-2-11(8-15(12)20)16(25)9-23-18(26)17(21)22;1-28(25,26)24(13-6-4-12(18)5-7-13)9-11-3-2-10(8-14(11)19)16-22-23-17(27-16)15(20)21/h2-8,17H,9-10H2,1H3,(H,23,26);2-8,15H,9H2,1H3. The maximum absolute atomic E-state index is 14.5. The van der Waals surface area contributed by atoms with E-state index < -0.39 is 68.7 Å². The number of nitrogens with one attached hydrogen (secondary N) is 1. The van der Waals surface area contributed by atoms with Crippen LogP contribution in [0, 0.1) is 11.6 Å². The number of alkyl halides is 4. The number of sulfonamides is 2. The Balaban J connectivity index is 0.000000253. The normalized spacial score (nSPS) is 11.6. The first-order chi connectivity index (χ1) is 26.6. The van der Waals surface area contributed by atoms with Crippen molar-refractivity contribution < 1.29 is 57.2 Å². The molecule has 5 aromatic rings. The molecule has 4 aromatic carbocycles. The van der Waals surface area contributed by atoms with E-state index in [0.29, 0.717) is 15.7 Å². The largest absolute Gasteiger partial charge is 0.415 e. The Morgan fingerprint density at radius 1 is 0.719 bits per heavy atom. The van der Waals surface area contributed by atoms with E-state index in [1.165, 1.54) is 72.8 Å². The highest BCUT2D eigenvalue weighted by molar-refractivity contribution is 7.92. The number of hydrogen-bond acceptors (Lipinski definition) is 9. The summed E-state index contributed by atoms with van der Waals surface area (Å²) in [4.78, 5) is 22.7. The van der Waals surface area contributed by atoms with Gasteiger partial charge in [0.2, 0.25) is 25.9 Å². The summed E-state index contributed by atoms with van der Waals surface area (Å²) in [5.41, 5.74) is 0.576. The molecule has 0 aliphatic rings. The summed E-state index contributed by atoms with van der Waals surface area (Å²) in [5.74, 6) is -5.14. The van der Waals surface area contributed by atoms with Crippen molar-refractivity contribution in [2.24, 2.45) is 0 Å². The molecule has 1 amide bonds. The Hall–Kier alpha value is -5.18. The molecule has 0 saturated heterocycles. The van der Waals surface area contributed by atoms with Crippen molar-refractivity contribution in [2.45, 2.75) is 25.9 Å². The number of carbonyl (C=O) groups excluding carboxylic acids is 2. The number of nitrogens with zero attached hydrogens (tertiary/aromatic N) is 4. The lowest BCUT2D eigenvalue weighted by molar-refractivity contribution is -0.131. The molecule has 1 heterocycles. The van der Waals surface area contributed by atoms with Crippen LogP contribution in [0.3, 0.4) is 0 Å². The van der Waals surface area contributed by atoms with Gasteiger partial charge in [0.05, 0.1) is 43.5 Å². The summed E-state index contributed by atoms with van der Waals surface area (Å²) in [6.07, 6.45) is -4.24. The fourth-order valence-corrected chi connectivity index (χ4v) is 6.78. The molecule has 0 spiro atoms. The highest BCUT2D eigenvalue weighted by Crippen LogP contribution is 2.28. The van der Waals surface area contributed by atoms with Crippen molar-refractivity contribution in [3.63, 3.8) is 0 Å². The van der Waals surface area contributed by atoms with Crippen LogP contribution in [-0.2, 0) is 37.9 Å². The van der Waals surface area contributed by atoms with Crippen LogP contribution in [0.4, 0.5) is 37.7 Å². The fraction of sp³-hybridized carbons (Fsp3) is 0.200. The first-order valence-corrected chi connectivity index (χ1v) is 20.3. The van der Waals surface area contributed by atoms with Crippen molar-refractivity contribution in [2.75, 3.05) is 27.7 Å². The summed E-state index contributed by atoms with van der Waals surface area (Å²) in [5, 5.41) is 9.19. The summed E-state index contributed by atoms with van der Waals surface area (Å²) >= 11 is 11.6. The zero-order chi connectivity index (χ0) is 42.2. The molecular formula is C35H29Cl2F6N5O7S2. The molecule has 0 unspecified atom stereocenters. The quantitative estimate of drug-likeness (QED) is 0.0884. The van der Waals surface area contributed by atoms with Crippen LogP contribution < -0.4 is 13.9 Å². The number of halogens is 8. The molecule has 57 heavy (non-hydrogen) atoms. The smallest absolute Gasteiger partial charge is 0.315 e. The number of rotatable bonds is 14. The SMILES string of the molecule is CS(=O)(=O)N(Cc1ccc(-c2nnc(C(F)F)o2)cc1F)c1ccc(Cl)cc1.CS(=O)(=O)N(Cc1ccc(C(=O)CNC(=O)C(F)F)cc1F)c1ccc(Cl)cc1. The van der Waals surface area contributed by atoms with E-state index in [1.807, 2.05) is 0 Å². The zero-order valence-corrected chi connectivity index (χ0v) is 32.5.